The van der Waals surface area contributed by atoms with Gasteiger partial charge in [-0.15, -0.1) is 0 Å². The summed E-state index contributed by atoms with van der Waals surface area (Å²) in [6, 6.07) is 0. The van der Waals surface area contributed by atoms with Gasteiger partial charge in [-0.2, -0.15) is 0 Å². The molecule has 10 fully saturated rings. The van der Waals surface area contributed by atoms with Crippen molar-refractivity contribution in [2.45, 2.75) is 151 Å². The summed E-state index contributed by atoms with van der Waals surface area (Å²) in [5, 5.41) is 27.9. The predicted octanol–water partition coefficient (Wildman–Crippen LogP) is 10.1. The molecule has 202 valence electrons. The van der Waals surface area contributed by atoms with Crippen LogP contribution in [0.3, 0.4) is 0 Å². The standard InChI is InChI=1S/C21H37.C5H5.2CH2O3.Fe/c1-3-5-7-9-11-13-16-20-18-15-19-21(20)17-14-12-10-8-6-4-2;1-2-4-5-3-1;2*2-1(3)4;/h15,18-19H,3-14,16-17H2,1-2H3;1-5H;2*(H2,2,3,4);. The average molecular weight is 535 g/mol. The largest absolute Gasteiger partial charge is 0.503 e. The molecule has 0 saturated carbocycles. The molecule has 0 bridgehead atoms. The summed E-state index contributed by atoms with van der Waals surface area (Å²) >= 11 is 0. The Bertz CT molecular complexity index is 1210. The van der Waals surface area contributed by atoms with E-state index in [1.165, 1.54) is 85.7 Å². The van der Waals surface area contributed by atoms with Crippen molar-refractivity contribution in [3.63, 3.8) is 0 Å². The summed E-state index contributed by atoms with van der Waals surface area (Å²) in [5.74, 6) is 0. The molecule has 4 unspecified atom stereocenters. The summed E-state index contributed by atoms with van der Waals surface area (Å²) < 4.78 is 2.36. The second kappa shape index (κ2) is 3.39. The van der Waals surface area contributed by atoms with E-state index in [4.69, 9.17) is 30.0 Å². The van der Waals surface area contributed by atoms with Gasteiger partial charge in [-0.25, -0.2) is 9.59 Å². The number of hydrogen-bond donors (Lipinski definition) is 4. The number of fused-ring (bicyclic) bond motifs is 10. The molecule has 10 heterocycles. The quantitative estimate of drug-likeness (QED) is 0.130. The molecule has 0 aliphatic carbocycles. The maximum atomic E-state index is 8.56. The van der Waals surface area contributed by atoms with E-state index >= 15 is 0 Å². The Hall–Kier alpha value is -0.941. The van der Waals surface area contributed by atoms with Gasteiger partial charge in [-0.1, -0.05) is 0 Å². The Morgan fingerprint density at radius 1 is 0.543 bits per heavy atom. The van der Waals surface area contributed by atoms with E-state index in [2.05, 4.69) is 13.8 Å². The van der Waals surface area contributed by atoms with Gasteiger partial charge in [-0.05, 0) is 0 Å². The van der Waals surface area contributed by atoms with E-state index in [1.807, 2.05) is 0 Å². The molecule has 6 nitrogen and oxygen atoms in total. The van der Waals surface area contributed by atoms with E-state index in [0.29, 0.717) is 0 Å². The summed E-state index contributed by atoms with van der Waals surface area (Å²) in [6.07, 6.45) is 18.4. The van der Waals surface area contributed by atoms with Crippen molar-refractivity contribution in [1.82, 2.24) is 0 Å². The third-order valence-corrected chi connectivity index (χ3v) is 63.4. The van der Waals surface area contributed by atoms with E-state index in [9.17, 15) is 0 Å². The molecular formula is C28H46FeO6. The van der Waals surface area contributed by atoms with E-state index in [0.717, 1.165) is 0 Å². The molecule has 0 aromatic heterocycles. The Kier molecular flexibility index (Phi) is 2.14. The van der Waals surface area contributed by atoms with Crippen molar-refractivity contribution in [3.8, 4) is 0 Å². The van der Waals surface area contributed by atoms with Crippen LogP contribution in [0, 0.1) is 0 Å². The van der Waals surface area contributed by atoms with Crippen molar-refractivity contribution in [2.75, 3.05) is 0 Å². The van der Waals surface area contributed by atoms with Crippen molar-refractivity contribution >= 4 is 12.3 Å². The molecule has 0 amide bonds. The van der Waals surface area contributed by atoms with Crippen LogP contribution >= 0.6 is 0 Å². The van der Waals surface area contributed by atoms with Crippen LogP contribution in [0.5, 0.6) is 0 Å². The van der Waals surface area contributed by atoms with Gasteiger partial charge in [0.15, 0.2) is 0 Å². The maximum absolute atomic E-state index is 8.56. The van der Waals surface area contributed by atoms with Crippen LogP contribution in [-0.4, -0.2) is 32.7 Å². The number of carboxylic acid groups (broad SMARTS) is 4. The molecule has 0 radical (unpaired) electrons. The molecule has 35 heavy (non-hydrogen) atoms. The first-order valence-corrected chi connectivity index (χ1v) is 20.8. The molecule has 4 N–H and O–H groups in total. The molecule has 1 spiro atoms. The van der Waals surface area contributed by atoms with Crippen LogP contribution in [0.25, 0.3) is 0 Å². The third-order valence-electron chi connectivity index (χ3n) is 19.3. The zero-order valence-electron chi connectivity index (χ0n) is 21.5. The normalized spacial score (nSPS) is 64.9. The van der Waals surface area contributed by atoms with Crippen molar-refractivity contribution in [2.24, 2.45) is 0 Å². The zero-order chi connectivity index (χ0) is 25.0. The fourth-order valence-corrected chi connectivity index (χ4v) is 99.7. The van der Waals surface area contributed by atoms with Crippen LogP contribution in [0.2, 0.25) is 47.2 Å². The second-order valence-electron chi connectivity index (χ2n) is 15.6. The topological polar surface area (TPSA) is 115 Å². The molecule has 4 atom stereocenters. The molecular weight excluding hydrogens is 488 g/mol. The Balaban J connectivity index is 0.000000219. The molecule has 10 saturated heterocycles. The minimum atomic E-state index is -2.97. The summed E-state index contributed by atoms with van der Waals surface area (Å²) in [6.45, 7) is 1.75. The van der Waals surface area contributed by atoms with Crippen molar-refractivity contribution in [1.29, 1.82) is 0 Å². The van der Waals surface area contributed by atoms with E-state index < -0.39 is 18.8 Å². The van der Waals surface area contributed by atoms with E-state index in [-0.39, 0.29) is 0 Å². The molecule has 10 aliphatic rings. The van der Waals surface area contributed by atoms with Crippen LogP contribution in [0.1, 0.15) is 104 Å². The predicted molar refractivity (Wildman–Crippen MR) is 133 cm³/mol. The molecule has 0 aromatic carbocycles. The zero-order valence-corrected chi connectivity index (χ0v) is 22.6. The maximum Gasteiger partial charge on any atom is 0.503 e. The first-order valence-electron chi connectivity index (χ1n) is 14.6. The van der Waals surface area contributed by atoms with Gasteiger partial charge in [0.1, 0.15) is 0 Å². The van der Waals surface area contributed by atoms with Crippen LogP contribution in [-0.2, 0) is 6.51 Å². The molecule has 10 aliphatic heterocycles. The first kappa shape index (κ1) is 22.1. The SMILES string of the molecule is CCCCCCCC[C]12[CH]3[CH]4[CH]5[C]1(CCCCCCCC)[Fe]43521678[CH]2[CH]1[CH]6[CH]7[CH]28.O=C(O)O.O=C(O)O. The monoisotopic (exact) mass is 534 g/mol. The van der Waals surface area contributed by atoms with Gasteiger partial charge in [0.05, 0.1) is 0 Å². The van der Waals surface area contributed by atoms with Gasteiger partial charge in [-0.3, -0.25) is 0 Å². The summed E-state index contributed by atoms with van der Waals surface area (Å²) in [7, 11) is 0. The van der Waals surface area contributed by atoms with Crippen LogP contribution in [0.15, 0.2) is 0 Å². The molecule has 10 rings (SSSR count). The Morgan fingerprint density at radius 3 is 1.09 bits per heavy atom. The fraction of sp³-hybridized carbons (Fsp3) is 0.929. The molecule has 7 heteroatoms. The minimum Gasteiger partial charge on any atom is -0.450 e. The first-order chi connectivity index (χ1) is 16.5. The smallest absolute Gasteiger partial charge is 0.450 e. The number of rotatable bonds is 14. The molecule has 0 aromatic rings. The van der Waals surface area contributed by atoms with Gasteiger partial charge in [0, 0.05) is 0 Å². The van der Waals surface area contributed by atoms with Crippen molar-refractivity contribution in [3.05, 3.63) is 0 Å². The van der Waals surface area contributed by atoms with Gasteiger partial charge in [0.25, 0.3) is 0 Å². The second-order valence-corrected chi connectivity index (χ2v) is 39.1. The Morgan fingerprint density at radius 2 is 0.829 bits per heavy atom. The fourth-order valence-electron chi connectivity index (χ4n) is 21.3. The Labute approximate surface area is 199 Å². The van der Waals surface area contributed by atoms with Gasteiger partial charge < -0.3 is 20.4 Å². The minimum absolute atomic E-state index is 1.18. The summed E-state index contributed by atoms with van der Waals surface area (Å²) in [4.78, 5) is 29.4. The summed E-state index contributed by atoms with van der Waals surface area (Å²) in [5.41, 5.74) is 0. The number of unbranched alkanes of at least 4 members (excludes halogenated alkanes) is 10. The van der Waals surface area contributed by atoms with Crippen LogP contribution < -0.4 is 0 Å². The van der Waals surface area contributed by atoms with Gasteiger partial charge in [0.2, 0.25) is 0 Å². The van der Waals surface area contributed by atoms with Crippen molar-refractivity contribution < 1.29 is 36.5 Å². The third kappa shape index (κ3) is 0.535. The average Bonchev–Trinajstić information content (AvgIpc) is 3.73. The number of hydrogen-bond acceptors (Lipinski definition) is 2. The van der Waals surface area contributed by atoms with Crippen LogP contribution in [0.4, 0.5) is 9.59 Å². The number of carbonyl (C=O) groups is 2. The van der Waals surface area contributed by atoms with Gasteiger partial charge >= 0.3 is 170 Å². The van der Waals surface area contributed by atoms with E-state index in [1.54, 1.807) is 51.4 Å².